The van der Waals surface area contributed by atoms with Gasteiger partial charge in [-0.05, 0) is 25.2 Å². The Bertz CT molecular complexity index is 231. The highest BCUT2D eigenvalue weighted by molar-refractivity contribution is 8.18. The van der Waals surface area contributed by atoms with Crippen LogP contribution in [0.5, 0.6) is 0 Å². The molecular formula is C12H33O2PSi3. The molecule has 0 aliphatic carbocycles. The lowest BCUT2D eigenvalue weighted by molar-refractivity contribution is 0.249. The van der Waals surface area contributed by atoms with Gasteiger partial charge < -0.3 is 8.85 Å². The van der Waals surface area contributed by atoms with E-state index in [0.29, 0.717) is 0 Å². The highest BCUT2D eigenvalue weighted by Gasteiger charge is 2.37. The molecule has 0 saturated carbocycles. The van der Waals surface area contributed by atoms with Crippen LogP contribution in [-0.2, 0) is 8.85 Å². The summed E-state index contributed by atoms with van der Waals surface area (Å²) in [5, 5.41) is 0. The van der Waals surface area contributed by atoms with E-state index >= 15 is 0 Å². The van der Waals surface area contributed by atoms with Crippen molar-refractivity contribution in [1.82, 2.24) is 0 Å². The Morgan fingerprint density at radius 3 is 1.44 bits per heavy atom. The third-order valence-corrected chi connectivity index (χ3v) is 33.6. The molecule has 0 aromatic rings. The lowest BCUT2D eigenvalue weighted by Crippen LogP contribution is -2.37. The topological polar surface area (TPSA) is 18.5 Å². The van der Waals surface area contributed by atoms with Crippen LogP contribution in [0, 0.1) is 0 Å². The monoisotopic (exact) mass is 324 g/mol. The van der Waals surface area contributed by atoms with Gasteiger partial charge in [-0.2, -0.15) is 0 Å². The second kappa shape index (κ2) is 7.14. The highest BCUT2D eigenvalue weighted by atomic mass is 31.6. The molecule has 0 rings (SSSR count). The minimum absolute atomic E-state index is 0.283. The normalized spacial score (nSPS) is 14.3. The van der Waals surface area contributed by atoms with Gasteiger partial charge in [0.15, 0.2) is 0 Å². The first kappa shape index (κ1) is 19.0. The summed E-state index contributed by atoms with van der Waals surface area (Å²) >= 11 is 0. The molecule has 0 aromatic carbocycles. The van der Waals surface area contributed by atoms with Gasteiger partial charge in [0, 0.05) is 14.2 Å². The SMILES string of the molecule is CO[Si](C)(CCCP([Si](C)(C)C)[Si](C)(C)C)OC. The van der Waals surface area contributed by atoms with E-state index in [1.54, 1.807) is 14.2 Å². The summed E-state index contributed by atoms with van der Waals surface area (Å²) in [6.07, 6.45) is 2.74. The van der Waals surface area contributed by atoms with Crippen LogP contribution in [0.25, 0.3) is 0 Å². The fourth-order valence-corrected chi connectivity index (χ4v) is 37.2. The fourth-order valence-electron chi connectivity index (χ4n) is 2.52. The van der Waals surface area contributed by atoms with Crippen LogP contribution in [0.3, 0.4) is 0 Å². The van der Waals surface area contributed by atoms with Gasteiger partial charge in [-0.15, -0.1) is 7.02 Å². The summed E-state index contributed by atoms with van der Waals surface area (Å²) in [6, 6.07) is 1.15. The Balaban J connectivity index is 4.48. The fraction of sp³-hybridized carbons (Fsp3) is 1.00. The maximum atomic E-state index is 5.59. The van der Waals surface area contributed by atoms with Gasteiger partial charge >= 0.3 is 8.56 Å². The first-order valence-electron chi connectivity index (χ1n) is 6.84. The lowest BCUT2D eigenvalue weighted by atomic mass is 10.6. The van der Waals surface area contributed by atoms with Gasteiger partial charge in [0.05, 0.1) is 15.5 Å². The van der Waals surface area contributed by atoms with Crippen LogP contribution in [0.2, 0.25) is 51.9 Å². The molecule has 0 fully saturated rings. The molecule has 0 unspecified atom stereocenters. The molecule has 0 spiro atoms. The molecule has 0 N–H and O–H groups in total. The van der Waals surface area contributed by atoms with E-state index in [2.05, 4.69) is 45.8 Å². The molecule has 0 amide bonds. The summed E-state index contributed by atoms with van der Waals surface area (Å²) in [7, 11) is 0.0873. The highest BCUT2D eigenvalue weighted by Crippen LogP contribution is 2.55. The second-order valence-corrected chi connectivity index (χ2v) is 33.3. The predicted octanol–water partition coefficient (Wildman–Crippen LogP) is 4.89. The first-order valence-corrected chi connectivity index (χ1v) is 19.6. The molecule has 0 heterocycles. The van der Waals surface area contributed by atoms with Crippen LogP contribution >= 0.6 is 7.02 Å². The van der Waals surface area contributed by atoms with Gasteiger partial charge in [0.25, 0.3) is 0 Å². The molecule has 6 heteroatoms. The molecule has 0 atom stereocenters. The molecule has 2 nitrogen and oxygen atoms in total. The van der Waals surface area contributed by atoms with E-state index in [4.69, 9.17) is 8.85 Å². The quantitative estimate of drug-likeness (QED) is 0.467. The molecule has 110 valence electrons. The predicted molar refractivity (Wildman–Crippen MR) is 93.5 cm³/mol. The summed E-state index contributed by atoms with van der Waals surface area (Å²) in [5.74, 6) is 0. The Kier molecular flexibility index (Phi) is 7.53. The standard InChI is InChI=1S/C12H33O2PSi3/c1-13-18(9,14-2)12-10-11-15(16(3,4)5)17(6,7)8/h10-12H2,1-9H3. The van der Waals surface area contributed by atoms with Crippen LogP contribution in [0.4, 0.5) is 0 Å². The zero-order valence-corrected chi connectivity index (χ0v) is 17.8. The third-order valence-electron chi connectivity index (χ3n) is 3.50. The Labute approximate surface area is 119 Å². The van der Waals surface area contributed by atoms with Crippen molar-refractivity contribution < 1.29 is 8.85 Å². The van der Waals surface area contributed by atoms with Crippen molar-refractivity contribution in [3.8, 4) is 0 Å². The van der Waals surface area contributed by atoms with E-state index in [1.165, 1.54) is 12.6 Å². The van der Waals surface area contributed by atoms with Gasteiger partial charge in [-0.25, -0.2) is 0 Å². The molecular weight excluding hydrogens is 291 g/mol. The van der Waals surface area contributed by atoms with Gasteiger partial charge in [0.2, 0.25) is 0 Å². The van der Waals surface area contributed by atoms with Crippen molar-refractivity contribution in [3.63, 3.8) is 0 Å². The Morgan fingerprint density at radius 1 is 0.778 bits per heavy atom. The average Bonchev–Trinajstić information content (AvgIpc) is 2.20. The molecule has 0 aliphatic rings. The first-order chi connectivity index (χ1) is 7.96. The summed E-state index contributed by atoms with van der Waals surface area (Å²) in [6.45, 7) is 17.5. The van der Waals surface area contributed by atoms with Crippen LogP contribution in [0.15, 0.2) is 0 Å². The van der Waals surface area contributed by atoms with Crippen molar-refractivity contribution >= 4 is 31.1 Å². The van der Waals surface area contributed by atoms with Gasteiger partial charge in [-0.3, -0.25) is 0 Å². The van der Waals surface area contributed by atoms with Crippen molar-refractivity contribution in [2.24, 2.45) is 0 Å². The smallest absolute Gasteiger partial charge is 0.334 e. The van der Waals surface area contributed by atoms with Gasteiger partial charge in [0.1, 0.15) is 0 Å². The maximum Gasteiger partial charge on any atom is 0.334 e. The largest absolute Gasteiger partial charge is 0.398 e. The molecule has 0 aromatic heterocycles. The van der Waals surface area contributed by atoms with E-state index < -0.39 is 24.0 Å². The van der Waals surface area contributed by atoms with Crippen molar-refractivity contribution in [2.45, 2.75) is 58.3 Å². The van der Waals surface area contributed by atoms with Crippen LogP contribution in [0.1, 0.15) is 6.42 Å². The molecule has 0 saturated heterocycles. The van der Waals surface area contributed by atoms with Crippen molar-refractivity contribution in [1.29, 1.82) is 0 Å². The minimum atomic E-state index is -1.84. The maximum absolute atomic E-state index is 5.59. The molecule has 0 aliphatic heterocycles. The number of hydrogen-bond acceptors (Lipinski definition) is 2. The zero-order chi connectivity index (χ0) is 14.6. The van der Waals surface area contributed by atoms with Gasteiger partial charge in [-0.1, -0.05) is 39.3 Å². The summed E-state index contributed by atoms with van der Waals surface area (Å²) in [4.78, 5) is 0. The van der Waals surface area contributed by atoms with Crippen LogP contribution < -0.4 is 0 Å². The molecule has 18 heavy (non-hydrogen) atoms. The lowest BCUT2D eigenvalue weighted by Gasteiger charge is -2.40. The van der Waals surface area contributed by atoms with Crippen molar-refractivity contribution in [2.75, 3.05) is 20.4 Å². The summed E-state index contributed by atoms with van der Waals surface area (Å²) < 4.78 is 11.2. The Morgan fingerprint density at radius 2 is 1.17 bits per heavy atom. The summed E-state index contributed by atoms with van der Waals surface area (Å²) in [5.41, 5.74) is 0. The second-order valence-electron chi connectivity index (χ2n) is 7.14. The average molecular weight is 325 g/mol. The number of rotatable bonds is 8. The minimum Gasteiger partial charge on any atom is -0.398 e. The number of hydrogen-bond donors (Lipinski definition) is 0. The molecule has 0 bridgehead atoms. The van der Waals surface area contributed by atoms with Crippen LogP contribution in [-0.4, -0.2) is 44.4 Å². The van der Waals surface area contributed by atoms with E-state index in [-0.39, 0.29) is 7.02 Å². The third kappa shape index (κ3) is 6.44. The molecule has 0 radical (unpaired) electrons. The van der Waals surface area contributed by atoms with E-state index in [1.807, 2.05) is 0 Å². The van der Waals surface area contributed by atoms with E-state index in [0.717, 1.165) is 6.04 Å². The Hall–Kier alpha value is 1.00. The zero-order valence-electron chi connectivity index (χ0n) is 13.9. The van der Waals surface area contributed by atoms with E-state index in [9.17, 15) is 0 Å². The van der Waals surface area contributed by atoms with Crippen molar-refractivity contribution in [3.05, 3.63) is 0 Å².